The van der Waals surface area contributed by atoms with Gasteiger partial charge in [0, 0.05) is 5.56 Å². The number of rotatable bonds is 3. The van der Waals surface area contributed by atoms with Gasteiger partial charge in [-0.15, -0.1) is 0 Å². The molecule has 0 spiro atoms. The van der Waals surface area contributed by atoms with Crippen LogP contribution < -0.4 is 10.5 Å². The minimum absolute atomic E-state index is 0.123. The molecule has 3 heteroatoms. The minimum atomic E-state index is -0.670. The highest BCUT2D eigenvalue weighted by Crippen LogP contribution is 2.13. The van der Waals surface area contributed by atoms with Crippen molar-refractivity contribution in [2.45, 2.75) is 20.0 Å². The van der Waals surface area contributed by atoms with Crippen LogP contribution in [0.3, 0.4) is 0 Å². The maximum Gasteiger partial charge on any atom is 0.269 e. The Hall–Kier alpha value is -1.51. The van der Waals surface area contributed by atoms with Gasteiger partial charge in [-0.1, -0.05) is 0 Å². The fourth-order valence-electron chi connectivity index (χ4n) is 0.957. The van der Waals surface area contributed by atoms with E-state index in [1.807, 2.05) is 13.8 Å². The zero-order valence-electron chi connectivity index (χ0n) is 7.70. The molecule has 0 heterocycles. The quantitative estimate of drug-likeness (QED) is 0.709. The Morgan fingerprint density at radius 2 is 1.85 bits per heavy atom. The highest BCUT2D eigenvalue weighted by molar-refractivity contribution is 5.92. The summed E-state index contributed by atoms with van der Waals surface area (Å²) in [6.45, 7) is 3.87. The van der Waals surface area contributed by atoms with Crippen LogP contribution in [-0.4, -0.2) is 12.0 Å². The first-order valence-electron chi connectivity index (χ1n) is 4.12. The van der Waals surface area contributed by atoms with Crippen LogP contribution in [0.25, 0.3) is 0 Å². The van der Waals surface area contributed by atoms with Crippen LogP contribution in [0.15, 0.2) is 24.3 Å². The van der Waals surface area contributed by atoms with Gasteiger partial charge in [-0.25, -0.2) is 0 Å². The molecule has 1 amide bonds. The van der Waals surface area contributed by atoms with Crippen LogP contribution in [0, 0.1) is 0 Å². The molecule has 1 aromatic rings. The van der Waals surface area contributed by atoms with Gasteiger partial charge in [0.05, 0.1) is 6.10 Å². The molecular formula is C10H12NO2. The van der Waals surface area contributed by atoms with Gasteiger partial charge in [0.25, 0.3) is 5.91 Å². The predicted octanol–water partition coefficient (Wildman–Crippen LogP) is 1.90. The number of hydrogen-bond donors (Lipinski definition) is 0. The van der Waals surface area contributed by atoms with Gasteiger partial charge >= 0.3 is 0 Å². The Bertz CT molecular complexity index is 290. The van der Waals surface area contributed by atoms with E-state index < -0.39 is 5.91 Å². The molecule has 13 heavy (non-hydrogen) atoms. The van der Waals surface area contributed by atoms with Gasteiger partial charge in [0.2, 0.25) is 0 Å². The van der Waals surface area contributed by atoms with E-state index in [9.17, 15) is 4.79 Å². The van der Waals surface area contributed by atoms with Crippen molar-refractivity contribution < 1.29 is 9.53 Å². The topological polar surface area (TPSA) is 50.1 Å². The summed E-state index contributed by atoms with van der Waals surface area (Å²) in [5.74, 6) is 0.0519. The summed E-state index contributed by atoms with van der Waals surface area (Å²) in [6, 6.07) is 6.57. The van der Waals surface area contributed by atoms with Crippen molar-refractivity contribution in [1.29, 1.82) is 0 Å². The summed E-state index contributed by atoms with van der Waals surface area (Å²) in [4.78, 5) is 10.6. The molecule has 0 fully saturated rings. The third kappa shape index (κ3) is 2.78. The van der Waals surface area contributed by atoms with Gasteiger partial charge in [0.1, 0.15) is 5.75 Å². The van der Waals surface area contributed by atoms with E-state index in [-0.39, 0.29) is 6.10 Å². The summed E-state index contributed by atoms with van der Waals surface area (Å²) < 4.78 is 5.38. The van der Waals surface area contributed by atoms with Crippen molar-refractivity contribution in [1.82, 2.24) is 5.73 Å². The van der Waals surface area contributed by atoms with Crippen molar-refractivity contribution in [2.24, 2.45) is 0 Å². The van der Waals surface area contributed by atoms with Gasteiger partial charge in [-0.3, -0.25) is 10.5 Å². The molecule has 1 N–H and O–H groups in total. The van der Waals surface area contributed by atoms with E-state index in [2.05, 4.69) is 0 Å². The number of carbonyl (C=O) groups excluding carboxylic acids is 1. The smallest absolute Gasteiger partial charge is 0.269 e. The standard InChI is InChI=1S/C10H12NO2/c1-7(2)13-9-5-3-8(4-6-9)10(11)12/h3-7,11H,1-2H3. The second kappa shape index (κ2) is 3.94. The molecule has 1 rings (SSSR count). The second-order valence-corrected chi connectivity index (χ2v) is 3.02. The number of benzene rings is 1. The number of hydrogen-bond acceptors (Lipinski definition) is 2. The normalized spacial score (nSPS) is 10.1. The molecule has 69 valence electrons. The lowest BCUT2D eigenvalue weighted by atomic mass is 10.2. The van der Waals surface area contributed by atoms with E-state index in [4.69, 9.17) is 10.5 Å². The van der Waals surface area contributed by atoms with E-state index in [1.54, 1.807) is 24.3 Å². The molecule has 0 saturated carbocycles. The molecular weight excluding hydrogens is 166 g/mol. The molecule has 0 aliphatic carbocycles. The van der Waals surface area contributed by atoms with Crippen molar-refractivity contribution in [3.63, 3.8) is 0 Å². The molecule has 0 unspecified atom stereocenters. The number of nitrogens with one attached hydrogen (secondary N) is 1. The van der Waals surface area contributed by atoms with Crippen molar-refractivity contribution >= 4 is 5.91 Å². The van der Waals surface area contributed by atoms with Crippen LogP contribution in [0.5, 0.6) is 5.75 Å². The Labute approximate surface area is 77.5 Å². The maximum atomic E-state index is 10.6. The number of carbonyl (C=O) groups is 1. The van der Waals surface area contributed by atoms with Crippen LogP contribution in [0.4, 0.5) is 0 Å². The minimum Gasteiger partial charge on any atom is -0.491 e. The second-order valence-electron chi connectivity index (χ2n) is 3.02. The summed E-state index contributed by atoms with van der Waals surface area (Å²) in [6.07, 6.45) is 0.123. The first kappa shape index (κ1) is 9.58. The Morgan fingerprint density at radius 1 is 1.31 bits per heavy atom. The fraction of sp³-hybridized carbons (Fsp3) is 0.300. The molecule has 0 aromatic heterocycles. The Balaban J connectivity index is 2.75. The molecule has 0 aliphatic rings. The zero-order chi connectivity index (χ0) is 9.84. The van der Waals surface area contributed by atoms with E-state index in [1.165, 1.54) is 0 Å². The summed E-state index contributed by atoms with van der Waals surface area (Å²) in [7, 11) is 0. The van der Waals surface area contributed by atoms with E-state index in [0.717, 1.165) is 5.75 Å². The average molecular weight is 178 g/mol. The van der Waals surface area contributed by atoms with Crippen LogP contribution in [0.2, 0.25) is 0 Å². The van der Waals surface area contributed by atoms with Crippen molar-refractivity contribution in [3.05, 3.63) is 29.8 Å². The Morgan fingerprint density at radius 3 is 2.23 bits per heavy atom. The molecule has 3 nitrogen and oxygen atoms in total. The first-order chi connectivity index (χ1) is 6.09. The molecule has 1 radical (unpaired) electrons. The lowest BCUT2D eigenvalue weighted by Crippen LogP contribution is -2.06. The molecule has 0 saturated heterocycles. The molecule has 1 aromatic carbocycles. The maximum absolute atomic E-state index is 10.6. The summed E-state index contributed by atoms with van der Waals surface area (Å²) in [5.41, 5.74) is 7.24. The number of ether oxygens (including phenoxy) is 1. The predicted molar refractivity (Wildman–Crippen MR) is 49.6 cm³/mol. The SMILES string of the molecule is CC(C)Oc1ccc(C([NH])=O)cc1. The first-order valence-corrected chi connectivity index (χ1v) is 4.12. The molecule has 0 aliphatic heterocycles. The monoisotopic (exact) mass is 178 g/mol. The van der Waals surface area contributed by atoms with Gasteiger partial charge in [-0.2, -0.15) is 0 Å². The van der Waals surface area contributed by atoms with E-state index >= 15 is 0 Å². The third-order valence-corrected chi connectivity index (χ3v) is 1.49. The van der Waals surface area contributed by atoms with Crippen LogP contribution in [0.1, 0.15) is 24.2 Å². The third-order valence-electron chi connectivity index (χ3n) is 1.49. The summed E-state index contributed by atoms with van der Waals surface area (Å²) in [5, 5.41) is 0. The van der Waals surface area contributed by atoms with Crippen LogP contribution >= 0.6 is 0 Å². The number of amides is 1. The van der Waals surface area contributed by atoms with Gasteiger partial charge < -0.3 is 4.74 Å². The molecule has 0 bridgehead atoms. The van der Waals surface area contributed by atoms with Gasteiger partial charge in [-0.05, 0) is 38.1 Å². The lowest BCUT2D eigenvalue weighted by Gasteiger charge is -2.08. The van der Waals surface area contributed by atoms with E-state index in [0.29, 0.717) is 5.56 Å². The fourth-order valence-corrected chi connectivity index (χ4v) is 0.957. The molecule has 0 atom stereocenters. The summed E-state index contributed by atoms with van der Waals surface area (Å²) >= 11 is 0. The van der Waals surface area contributed by atoms with Crippen molar-refractivity contribution in [2.75, 3.05) is 0 Å². The lowest BCUT2D eigenvalue weighted by molar-refractivity contribution is 0.0992. The highest BCUT2D eigenvalue weighted by Gasteiger charge is 2.01. The largest absolute Gasteiger partial charge is 0.491 e. The highest BCUT2D eigenvalue weighted by atomic mass is 16.5. The van der Waals surface area contributed by atoms with Crippen LogP contribution in [-0.2, 0) is 0 Å². The zero-order valence-corrected chi connectivity index (χ0v) is 7.70. The average Bonchev–Trinajstić information content (AvgIpc) is 2.04. The van der Waals surface area contributed by atoms with Gasteiger partial charge in [0.15, 0.2) is 0 Å². The Kier molecular flexibility index (Phi) is 2.90. The van der Waals surface area contributed by atoms with Crippen molar-refractivity contribution in [3.8, 4) is 5.75 Å².